The van der Waals surface area contributed by atoms with Crippen molar-refractivity contribution in [3.63, 3.8) is 0 Å². The Morgan fingerprint density at radius 1 is 1.50 bits per heavy atom. The highest BCUT2D eigenvalue weighted by Gasteiger charge is 2.17. The number of fused-ring (bicyclic) bond motifs is 1. The summed E-state index contributed by atoms with van der Waals surface area (Å²) < 4.78 is 0. The molecule has 1 heterocycles. The third-order valence-electron chi connectivity index (χ3n) is 1.90. The highest BCUT2D eigenvalue weighted by Crippen LogP contribution is 2.21. The van der Waals surface area contributed by atoms with Crippen molar-refractivity contribution in [2.24, 2.45) is 0 Å². The van der Waals surface area contributed by atoms with Crippen molar-refractivity contribution in [1.82, 2.24) is 5.32 Å². The van der Waals surface area contributed by atoms with Crippen LogP contribution in [0.15, 0.2) is 18.2 Å². The molecular formula is C9H6N2O. The van der Waals surface area contributed by atoms with Crippen LogP contribution in [-0.2, 0) is 6.54 Å². The molecule has 0 aliphatic carbocycles. The van der Waals surface area contributed by atoms with E-state index in [1.165, 1.54) is 0 Å². The molecule has 0 saturated carbocycles. The van der Waals surface area contributed by atoms with E-state index in [-0.39, 0.29) is 5.91 Å². The molecule has 1 N–H and O–H groups in total. The fourth-order valence-electron chi connectivity index (χ4n) is 1.29. The van der Waals surface area contributed by atoms with Gasteiger partial charge in [0, 0.05) is 12.1 Å². The molecular weight excluding hydrogens is 152 g/mol. The standard InChI is InChI=1S/C9H6N2O/c1-10-7-2-3-8-6(4-7)5-11-9(8)12/h2-4H,5H2,(H,11,12). The molecule has 1 amide bonds. The zero-order valence-electron chi connectivity index (χ0n) is 6.29. The summed E-state index contributed by atoms with van der Waals surface area (Å²) in [5.41, 5.74) is 2.21. The lowest BCUT2D eigenvalue weighted by Gasteiger charge is -1.94. The summed E-state index contributed by atoms with van der Waals surface area (Å²) in [6, 6.07) is 5.11. The van der Waals surface area contributed by atoms with Crippen molar-refractivity contribution in [2.45, 2.75) is 6.54 Å². The molecule has 58 valence electrons. The molecule has 0 bridgehead atoms. The van der Waals surface area contributed by atoms with Crippen LogP contribution in [0.5, 0.6) is 0 Å². The summed E-state index contributed by atoms with van der Waals surface area (Å²) in [4.78, 5) is 14.4. The van der Waals surface area contributed by atoms with E-state index >= 15 is 0 Å². The van der Waals surface area contributed by atoms with Crippen LogP contribution >= 0.6 is 0 Å². The van der Waals surface area contributed by atoms with E-state index < -0.39 is 0 Å². The van der Waals surface area contributed by atoms with E-state index in [9.17, 15) is 4.79 Å². The number of nitrogens with zero attached hydrogens (tertiary/aromatic N) is 1. The van der Waals surface area contributed by atoms with Crippen molar-refractivity contribution < 1.29 is 4.79 Å². The minimum Gasteiger partial charge on any atom is -0.348 e. The number of carbonyl (C=O) groups is 1. The van der Waals surface area contributed by atoms with Gasteiger partial charge in [-0.1, -0.05) is 18.2 Å². The molecule has 0 fully saturated rings. The molecule has 3 nitrogen and oxygen atoms in total. The average molecular weight is 158 g/mol. The minimum atomic E-state index is -0.0402. The first-order valence-electron chi connectivity index (χ1n) is 3.60. The van der Waals surface area contributed by atoms with Gasteiger partial charge in [-0.25, -0.2) is 4.85 Å². The highest BCUT2D eigenvalue weighted by molar-refractivity contribution is 5.98. The third kappa shape index (κ3) is 0.857. The molecule has 0 unspecified atom stereocenters. The van der Waals surface area contributed by atoms with Gasteiger partial charge in [0.25, 0.3) is 5.91 Å². The van der Waals surface area contributed by atoms with E-state index in [2.05, 4.69) is 10.2 Å². The number of nitrogens with one attached hydrogen (secondary N) is 1. The predicted octanol–water partition coefficient (Wildman–Crippen LogP) is 1.48. The van der Waals surface area contributed by atoms with E-state index in [0.717, 1.165) is 5.56 Å². The molecule has 0 saturated heterocycles. The lowest BCUT2D eigenvalue weighted by Crippen LogP contribution is -2.12. The van der Waals surface area contributed by atoms with Gasteiger partial charge in [0.05, 0.1) is 6.57 Å². The van der Waals surface area contributed by atoms with Crippen LogP contribution in [0.2, 0.25) is 0 Å². The van der Waals surface area contributed by atoms with E-state index in [1.54, 1.807) is 18.2 Å². The van der Waals surface area contributed by atoms with E-state index in [4.69, 9.17) is 6.57 Å². The Hall–Kier alpha value is -1.82. The Kier molecular flexibility index (Phi) is 1.34. The molecule has 1 aromatic rings. The van der Waals surface area contributed by atoms with Crippen LogP contribution < -0.4 is 5.32 Å². The molecule has 1 aliphatic rings. The summed E-state index contributed by atoms with van der Waals surface area (Å²) >= 11 is 0. The molecule has 12 heavy (non-hydrogen) atoms. The van der Waals surface area contributed by atoms with Gasteiger partial charge in [-0.3, -0.25) is 4.79 Å². The van der Waals surface area contributed by atoms with Crippen molar-refractivity contribution in [2.75, 3.05) is 0 Å². The number of amides is 1. The Morgan fingerprint density at radius 2 is 2.33 bits per heavy atom. The Morgan fingerprint density at radius 3 is 3.08 bits per heavy atom. The summed E-state index contributed by atoms with van der Waals surface area (Å²) in [5.74, 6) is -0.0402. The van der Waals surface area contributed by atoms with Crippen molar-refractivity contribution in [3.8, 4) is 0 Å². The van der Waals surface area contributed by atoms with Gasteiger partial charge in [0.15, 0.2) is 5.69 Å². The average Bonchev–Trinajstić information content (AvgIpc) is 2.47. The SMILES string of the molecule is [C-]#[N+]c1ccc2c(c1)CNC2=O. The van der Waals surface area contributed by atoms with E-state index in [1.807, 2.05) is 0 Å². The monoisotopic (exact) mass is 158 g/mol. The Balaban J connectivity index is 2.57. The fourth-order valence-corrected chi connectivity index (χ4v) is 1.29. The summed E-state index contributed by atoms with van der Waals surface area (Å²) in [5, 5.41) is 2.69. The molecule has 0 radical (unpaired) electrons. The third-order valence-corrected chi connectivity index (χ3v) is 1.90. The number of hydrogen-bond acceptors (Lipinski definition) is 1. The first kappa shape index (κ1) is 6.86. The second kappa shape index (κ2) is 2.35. The van der Waals surface area contributed by atoms with Gasteiger partial charge in [0.2, 0.25) is 0 Å². The fraction of sp³-hybridized carbons (Fsp3) is 0.111. The van der Waals surface area contributed by atoms with Gasteiger partial charge >= 0.3 is 0 Å². The molecule has 1 aliphatic heterocycles. The van der Waals surface area contributed by atoms with Gasteiger partial charge in [-0.15, -0.1) is 0 Å². The summed E-state index contributed by atoms with van der Waals surface area (Å²) in [6.45, 7) is 7.33. The van der Waals surface area contributed by atoms with E-state index in [0.29, 0.717) is 17.8 Å². The van der Waals surface area contributed by atoms with Crippen LogP contribution in [0.1, 0.15) is 15.9 Å². The number of benzene rings is 1. The number of hydrogen-bond donors (Lipinski definition) is 1. The molecule has 0 aromatic heterocycles. The molecule has 1 aromatic carbocycles. The van der Waals surface area contributed by atoms with Gasteiger partial charge < -0.3 is 5.32 Å². The number of carbonyl (C=O) groups excluding carboxylic acids is 1. The minimum absolute atomic E-state index is 0.0402. The topological polar surface area (TPSA) is 33.5 Å². The maximum atomic E-state index is 11.1. The summed E-state index contributed by atoms with van der Waals surface area (Å²) in [7, 11) is 0. The normalized spacial score (nSPS) is 13.4. The smallest absolute Gasteiger partial charge is 0.251 e. The second-order valence-electron chi connectivity index (χ2n) is 2.64. The molecule has 3 heteroatoms. The summed E-state index contributed by atoms with van der Waals surface area (Å²) in [6.07, 6.45) is 0. The molecule has 2 rings (SSSR count). The lowest BCUT2D eigenvalue weighted by molar-refractivity contribution is 0.0966. The van der Waals surface area contributed by atoms with Crippen molar-refractivity contribution >= 4 is 11.6 Å². The Labute approximate surface area is 69.8 Å². The highest BCUT2D eigenvalue weighted by atomic mass is 16.1. The van der Waals surface area contributed by atoms with Gasteiger partial charge in [0.1, 0.15) is 0 Å². The van der Waals surface area contributed by atoms with Gasteiger partial charge in [-0.2, -0.15) is 0 Å². The maximum Gasteiger partial charge on any atom is 0.251 e. The quantitative estimate of drug-likeness (QED) is 0.570. The lowest BCUT2D eigenvalue weighted by atomic mass is 10.1. The molecule has 0 spiro atoms. The maximum absolute atomic E-state index is 11.1. The Bertz CT molecular complexity index is 390. The largest absolute Gasteiger partial charge is 0.348 e. The molecule has 0 atom stereocenters. The van der Waals surface area contributed by atoms with Crippen molar-refractivity contribution in [3.05, 3.63) is 40.7 Å². The predicted molar refractivity (Wildman–Crippen MR) is 43.9 cm³/mol. The van der Waals surface area contributed by atoms with Crippen LogP contribution in [0.4, 0.5) is 5.69 Å². The first-order valence-corrected chi connectivity index (χ1v) is 3.60. The van der Waals surface area contributed by atoms with Crippen molar-refractivity contribution in [1.29, 1.82) is 0 Å². The zero-order chi connectivity index (χ0) is 8.55. The first-order chi connectivity index (χ1) is 5.81. The van der Waals surface area contributed by atoms with Crippen LogP contribution in [0.25, 0.3) is 4.85 Å². The van der Waals surface area contributed by atoms with Crippen LogP contribution in [0.3, 0.4) is 0 Å². The zero-order valence-corrected chi connectivity index (χ0v) is 6.29. The van der Waals surface area contributed by atoms with Gasteiger partial charge in [-0.05, 0) is 5.56 Å². The second-order valence-corrected chi connectivity index (χ2v) is 2.64. The number of rotatable bonds is 0. The van der Waals surface area contributed by atoms with Crippen LogP contribution in [0, 0.1) is 6.57 Å². The van der Waals surface area contributed by atoms with Crippen LogP contribution in [-0.4, -0.2) is 5.91 Å².